The van der Waals surface area contributed by atoms with Crippen molar-refractivity contribution in [3.05, 3.63) is 27.4 Å². The smallest absolute Gasteiger partial charge is 0.330 e. The van der Waals surface area contributed by atoms with Crippen molar-refractivity contribution < 1.29 is 29.5 Å². The Labute approximate surface area is 124 Å². The number of rotatable bonds is 4. The number of methoxy groups -OCH3 is 2. The minimum Gasteiger partial charge on any atom is -0.394 e. The van der Waals surface area contributed by atoms with Crippen LogP contribution in [0.2, 0.25) is 0 Å². The lowest BCUT2D eigenvalue weighted by Gasteiger charge is -2.39. The lowest BCUT2D eigenvalue weighted by Crippen LogP contribution is -2.62. The van der Waals surface area contributed by atoms with Crippen LogP contribution in [-0.4, -0.2) is 63.7 Å². The van der Waals surface area contributed by atoms with Gasteiger partial charge in [0.1, 0.15) is 16.8 Å². The quantitative estimate of drug-likeness (QED) is 0.380. The lowest BCUT2D eigenvalue weighted by atomic mass is 10.0. The molecular formula is C11H16N2O7S. The summed E-state index contributed by atoms with van der Waals surface area (Å²) in [6.07, 6.45) is -1.64. The topological polar surface area (TPSA) is 126 Å². The summed E-state index contributed by atoms with van der Waals surface area (Å²) in [5, 5.41) is 29.9. The molecule has 1 aliphatic rings. The Bertz CT molecular complexity index is 631. The van der Waals surface area contributed by atoms with Gasteiger partial charge in [-0.1, -0.05) is 12.2 Å². The van der Waals surface area contributed by atoms with Crippen LogP contribution in [-0.2, 0) is 20.1 Å². The predicted molar refractivity (Wildman–Crippen MR) is 70.8 cm³/mol. The minimum absolute atomic E-state index is 0.167. The first-order valence-electron chi connectivity index (χ1n) is 5.98. The van der Waals surface area contributed by atoms with E-state index in [4.69, 9.17) is 26.4 Å². The molecule has 21 heavy (non-hydrogen) atoms. The molecule has 118 valence electrons. The van der Waals surface area contributed by atoms with Crippen molar-refractivity contribution in [3.63, 3.8) is 0 Å². The lowest BCUT2D eigenvalue weighted by molar-refractivity contribution is -0.405. The SMILES string of the molecule is CO[C@@]1(n2ccc(=S)[nH]c2=O)O[C@H](CO)[C@@H](O)[C@]1(O)OC. The second kappa shape index (κ2) is 5.57. The van der Waals surface area contributed by atoms with Crippen molar-refractivity contribution >= 4 is 12.2 Å². The van der Waals surface area contributed by atoms with Crippen molar-refractivity contribution in [2.45, 2.75) is 23.9 Å². The van der Waals surface area contributed by atoms with E-state index in [1.807, 2.05) is 0 Å². The molecule has 0 saturated carbocycles. The van der Waals surface area contributed by atoms with Crippen LogP contribution in [0.15, 0.2) is 17.1 Å². The highest BCUT2D eigenvalue weighted by atomic mass is 32.1. The number of aliphatic hydroxyl groups excluding tert-OH is 2. The molecule has 0 radical (unpaired) electrons. The molecule has 0 bridgehead atoms. The fraction of sp³-hybridized carbons (Fsp3) is 0.636. The highest BCUT2D eigenvalue weighted by molar-refractivity contribution is 7.71. The van der Waals surface area contributed by atoms with E-state index < -0.39 is 36.2 Å². The van der Waals surface area contributed by atoms with Gasteiger partial charge in [0.2, 0.25) is 0 Å². The average Bonchev–Trinajstić information content (AvgIpc) is 2.69. The van der Waals surface area contributed by atoms with Crippen molar-refractivity contribution in [2.24, 2.45) is 0 Å². The van der Waals surface area contributed by atoms with Gasteiger partial charge in [-0.25, -0.2) is 9.36 Å². The van der Waals surface area contributed by atoms with E-state index in [2.05, 4.69) is 4.98 Å². The van der Waals surface area contributed by atoms with E-state index in [1.165, 1.54) is 12.3 Å². The maximum Gasteiger partial charge on any atom is 0.330 e. The van der Waals surface area contributed by atoms with Crippen LogP contribution in [0.1, 0.15) is 0 Å². The summed E-state index contributed by atoms with van der Waals surface area (Å²) in [6, 6.07) is 1.37. The van der Waals surface area contributed by atoms with Crippen LogP contribution in [0, 0.1) is 4.64 Å². The molecule has 10 heteroatoms. The number of nitrogens with one attached hydrogen (secondary N) is 1. The number of aliphatic hydroxyl groups is 3. The predicted octanol–water partition coefficient (Wildman–Crippen LogP) is -1.75. The second-order valence-corrected chi connectivity index (χ2v) is 4.89. The number of aromatic amines is 1. The zero-order chi connectivity index (χ0) is 15.8. The molecule has 2 rings (SSSR count). The molecule has 1 aromatic rings. The summed E-state index contributed by atoms with van der Waals surface area (Å²) < 4.78 is 16.5. The Morgan fingerprint density at radius 1 is 1.52 bits per heavy atom. The van der Waals surface area contributed by atoms with Gasteiger partial charge in [0.25, 0.3) is 5.79 Å². The maximum atomic E-state index is 12.1. The molecule has 1 saturated heterocycles. The summed E-state index contributed by atoms with van der Waals surface area (Å²) in [5.74, 6) is -4.61. The number of aromatic nitrogens is 2. The molecule has 2 heterocycles. The van der Waals surface area contributed by atoms with Crippen molar-refractivity contribution in [1.29, 1.82) is 0 Å². The van der Waals surface area contributed by atoms with Crippen molar-refractivity contribution in [2.75, 3.05) is 20.8 Å². The Morgan fingerprint density at radius 3 is 2.67 bits per heavy atom. The Morgan fingerprint density at radius 2 is 2.19 bits per heavy atom. The van der Waals surface area contributed by atoms with Crippen LogP contribution in [0.25, 0.3) is 0 Å². The normalized spacial score (nSPS) is 36.0. The van der Waals surface area contributed by atoms with Gasteiger partial charge in [-0.15, -0.1) is 0 Å². The molecule has 1 aromatic heterocycles. The summed E-state index contributed by atoms with van der Waals surface area (Å²) in [7, 11) is 2.26. The maximum absolute atomic E-state index is 12.1. The van der Waals surface area contributed by atoms with Crippen molar-refractivity contribution in [1.82, 2.24) is 9.55 Å². The third-order valence-electron chi connectivity index (χ3n) is 3.43. The molecular weight excluding hydrogens is 304 g/mol. The summed E-state index contributed by atoms with van der Waals surface area (Å²) in [4.78, 5) is 14.4. The van der Waals surface area contributed by atoms with Crippen LogP contribution in [0.4, 0.5) is 0 Å². The largest absolute Gasteiger partial charge is 0.394 e. The first kappa shape index (κ1) is 16.2. The monoisotopic (exact) mass is 320 g/mol. The number of H-pyrrole nitrogens is 1. The second-order valence-electron chi connectivity index (χ2n) is 4.45. The number of hydrogen-bond acceptors (Lipinski definition) is 8. The molecule has 4 atom stereocenters. The van der Waals surface area contributed by atoms with Gasteiger partial charge in [-0.2, -0.15) is 0 Å². The van der Waals surface area contributed by atoms with E-state index in [0.29, 0.717) is 0 Å². The van der Waals surface area contributed by atoms with Gasteiger partial charge < -0.3 is 29.5 Å². The molecule has 0 spiro atoms. The molecule has 0 unspecified atom stereocenters. The zero-order valence-electron chi connectivity index (χ0n) is 11.3. The third kappa shape index (κ3) is 2.16. The average molecular weight is 320 g/mol. The molecule has 0 aromatic carbocycles. The summed E-state index contributed by atoms with van der Waals surface area (Å²) in [5.41, 5.74) is -0.745. The van der Waals surface area contributed by atoms with Crippen LogP contribution in [0.5, 0.6) is 0 Å². The Hall–Kier alpha value is -1.14. The first-order chi connectivity index (χ1) is 9.86. The van der Waals surface area contributed by atoms with Gasteiger partial charge in [-0.05, 0) is 6.07 Å². The van der Waals surface area contributed by atoms with E-state index in [-0.39, 0.29) is 4.64 Å². The molecule has 9 nitrogen and oxygen atoms in total. The standard InChI is InChI=1S/C11H16N2O7S/c1-18-10(17)8(15)6(5-14)20-11(10,19-2)13-4-3-7(21)12-9(13)16/h3-4,6,8,14-15,17H,5H2,1-2H3,(H,12,16,21)/t6-,8-,10+,11-/m1/s1. The van der Waals surface area contributed by atoms with Gasteiger partial charge in [0.05, 0.1) is 6.61 Å². The summed E-state index contributed by atoms with van der Waals surface area (Å²) in [6.45, 7) is -0.616. The highest BCUT2D eigenvalue weighted by Crippen LogP contribution is 2.44. The van der Waals surface area contributed by atoms with E-state index in [0.717, 1.165) is 18.8 Å². The molecule has 1 aliphatic heterocycles. The molecule has 4 N–H and O–H groups in total. The van der Waals surface area contributed by atoms with Gasteiger partial charge >= 0.3 is 11.6 Å². The first-order valence-corrected chi connectivity index (χ1v) is 6.39. The van der Waals surface area contributed by atoms with Gasteiger partial charge in [-0.3, -0.25) is 4.98 Å². The van der Waals surface area contributed by atoms with E-state index >= 15 is 0 Å². The van der Waals surface area contributed by atoms with Crippen LogP contribution >= 0.6 is 12.2 Å². The van der Waals surface area contributed by atoms with E-state index in [1.54, 1.807) is 0 Å². The highest BCUT2D eigenvalue weighted by Gasteiger charge is 2.69. The van der Waals surface area contributed by atoms with Crippen molar-refractivity contribution in [3.8, 4) is 0 Å². The number of hydrogen-bond donors (Lipinski definition) is 4. The number of nitrogens with zero attached hydrogens (tertiary/aromatic N) is 1. The fourth-order valence-corrected chi connectivity index (χ4v) is 2.50. The fourth-order valence-electron chi connectivity index (χ4n) is 2.35. The summed E-state index contributed by atoms with van der Waals surface area (Å²) >= 11 is 4.83. The van der Waals surface area contributed by atoms with Gasteiger partial charge in [0, 0.05) is 20.4 Å². The van der Waals surface area contributed by atoms with E-state index in [9.17, 15) is 20.1 Å². The van der Waals surface area contributed by atoms with Crippen LogP contribution < -0.4 is 5.69 Å². The third-order valence-corrected chi connectivity index (χ3v) is 3.66. The zero-order valence-corrected chi connectivity index (χ0v) is 12.2. The molecule has 0 aliphatic carbocycles. The molecule has 0 amide bonds. The van der Waals surface area contributed by atoms with Crippen LogP contribution in [0.3, 0.4) is 0 Å². The Kier molecular flexibility index (Phi) is 4.31. The van der Waals surface area contributed by atoms with Gasteiger partial charge in [0.15, 0.2) is 0 Å². The minimum atomic E-state index is -2.42. The Balaban J connectivity index is 2.69. The molecule has 1 fully saturated rings. The number of ether oxygens (including phenoxy) is 3.